The first-order valence-corrected chi connectivity index (χ1v) is 7.44. The van der Waals surface area contributed by atoms with Crippen LogP contribution in [-0.2, 0) is 11.3 Å². The summed E-state index contributed by atoms with van der Waals surface area (Å²) in [6, 6.07) is 5.56. The van der Waals surface area contributed by atoms with Crippen molar-refractivity contribution >= 4 is 23.1 Å². The lowest BCUT2D eigenvalue weighted by molar-refractivity contribution is -0.124. The molecule has 0 radical (unpaired) electrons. The summed E-state index contributed by atoms with van der Waals surface area (Å²) in [5.41, 5.74) is 13.0. The molecule has 21 heavy (non-hydrogen) atoms. The minimum atomic E-state index is -0.252. The zero-order chi connectivity index (χ0) is 15.4. The normalized spacial score (nSPS) is 19.2. The number of likely N-dealkylation sites (tertiary alicyclic amines) is 1. The molecule has 0 aliphatic carbocycles. The Morgan fingerprint density at radius 1 is 1.43 bits per heavy atom. The van der Waals surface area contributed by atoms with Crippen LogP contribution in [0.25, 0.3) is 0 Å². The molecule has 0 aromatic heterocycles. The lowest BCUT2D eigenvalue weighted by atomic mass is 10.00. The zero-order valence-electron chi connectivity index (χ0n) is 12.2. The van der Waals surface area contributed by atoms with E-state index in [1.54, 1.807) is 7.11 Å². The van der Waals surface area contributed by atoms with Crippen molar-refractivity contribution in [2.75, 3.05) is 13.7 Å². The predicted molar refractivity (Wildman–Crippen MR) is 86.1 cm³/mol. The van der Waals surface area contributed by atoms with Gasteiger partial charge in [-0.25, -0.2) is 0 Å². The van der Waals surface area contributed by atoms with Crippen LogP contribution in [0.2, 0.25) is 0 Å². The molecular formula is C15H21N3O2S. The fourth-order valence-corrected chi connectivity index (χ4v) is 2.94. The molecule has 4 N–H and O–H groups in total. The average Bonchev–Trinajstić information content (AvgIpc) is 2.47. The van der Waals surface area contributed by atoms with Gasteiger partial charge >= 0.3 is 0 Å². The van der Waals surface area contributed by atoms with E-state index in [4.69, 9.17) is 28.4 Å². The minimum Gasteiger partial charge on any atom is -0.496 e. The molecule has 1 aliphatic heterocycles. The number of nitrogens with zero attached hydrogens (tertiary/aromatic N) is 1. The molecule has 1 aliphatic rings. The highest BCUT2D eigenvalue weighted by atomic mass is 32.1. The van der Waals surface area contributed by atoms with Crippen LogP contribution in [-0.4, -0.2) is 35.5 Å². The smallest absolute Gasteiger partial charge is 0.234 e. The molecule has 1 amide bonds. The average molecular weight is 307 g/mol. The molecule has 114 valence electrons. The van der Waals surface area contributed by atoms with Crippen LogP contribution in [0.3, 0.4) is 0 Å². The standard InChI is InChI=1S/C15H21N3O2S/c1-20-13-6-5-10(8-11(13)15(17)21)9-18-7-3-2-4-12(18)14(16)19/h5-6,8,12H,2-4,7,9H2,1H3,(H2,16,19)(H2,17,21). The van der Waals surface area contributed by atoms with Gasteiger partial charge in [0.25, 0.3) is 0 Å². The van der Waals surface area contributed by atoms with Gasteiger partial charge < -0.3 is 16.2 Å². The molecule has 1 aromatic carbocycles. The quantitative estimate of drug-likeness (QED) is 0.798. The van der Waals surface area contributed by atoms with Gasteiger partial charge in [0.05, 0.1) is 18.7 Å². The van der Waals surface area contributed by atoms with E-state index in [1.165, 1.54) is 0 Å². The molecule has 1 aromatic rings. The number of rotatable bonds is 5. The molecule has 1 unspecified atom stereocenters. The fraction of sp³-hybridized carbons (Fsp3) is 0.467. The molecule has 0 bridgehead atoms. The van der Waals surface area contributed by atoms with Crippen LogP contribution < -0.4 is 16.2 Å². The molecule has 1 saturated heterocycles. The van der Waals surface area contributed by atoms with Gasteiger partial charge in [0.2, 0.25) is 5.91 Å². The van der Waals surface area contributed by atoms with E-state index in [0.717, 1.165) is 36.9 Å². The van der Waals surface area contributed by atoms with Crippen LogP contribution in [0, 0.1) is 0 Å². The van der Waals surface area contributed by atoms with E-state index in [2.05, 4.69) is 4.90 Å². The summed E-state index contributed by atoms with van der Waals surface area (Å²) in [4.78, 5) is 14.0. The Bertz CT molecular complexity index is 548. The Labute approximate surface area is 130 Å². The van der Waals surface area contributed by atoms with Gasteiger partial charge in [0.1, 0.15) is 10.7 Å². The Morgan fingerprint density at radius 2 is 2.19 bits per heavy atom. The van der Waals surface area contributed by atoms with Crippen LogP contribution in [0.1, 0.15) is 30.4 Å². The maximum atomic E-state index is 11.6. The number of carbonyl (C=O) groups excluding carboxylic acids is 1. The highest BCUT2D eigenvalue weighted by Crippen LogP contribution is 2.23. The summed E-state index contributed by atoms with van der Waals surface area (Å²) in [7, 11) is 1.59. The highest BCUT2D eigenvalue weighted by Gasteiger charge is 2.26. The lowest BCUT2D eigenvalue weighted by Crippen LogP contribution is -2.47. The van der Waals surface area contributed by atoms with Gasteiger partial charge in [0, 0.05) is 6.54 Å². The first-order valence-electron chi connectivity index (χ1n) is 7.03. The fourth-order valence-electron chi connectivity index (χ4n) is 2.78. The Morgan fingerprint density at radius 3 is 2.81 bits per heavy atom. The third-order valence-corrected chi connectivity index (χ3v) is 4.08. The first-order chi connectivity index (χ1) is 10.0. The Kier molecular flexibility index (Phi) is 5.14. The van der Waals surface area contributed by atoms with Crippen molar-refractivity contribution in [1.82, 2.24) is 4.90 Å². The molecule has 1 heterocycles. The third-order valence-electron chi connectivity index (χ3n) is 3.86. The number of primary amides is 1. The van der Waals surface area contributed by atoms with E-state index < -0.39 is 0 Å². The molecule has 1 atom stereocenters. The highest BCUT2D eigenvalue weighted by molar-refractivity contribution is 7.80. The number of thiocarbonyl (C=S) groups is 1. The number of piperidine rings is 1. The molecular weight excluding hydrogens is 286 g/mol. The van der Waals surface area contributed by atoms with Gasteiger partial charge in [-0.2, -0.15) is 0 Å². The van der Waals surface area contributed by atoms with Crippen molar-refractivity contribution in [3.05, 3.63) is 29.3 Å². The maximum Gasteiger partial charge on any atom is 0.234 e. The van der Waals surface area contributed by atoms with Gasteiger partial charge in [-0.3, -0.25) is 9.69 Å². The number of hydrogen-bond donors (Lipinski definition) is 2. The summed E-state index contributed by atoms with van der Waals surface area (Å²) in [5, 5.41) is 0. The largest absolute Gasteiger partial charge is 0.496 e. The minimum absolute atomic E-state index is 0.186. The van der Waals surface area contributed by atoms with Crippen LogP contribution >= 0.6 is 12.2 Å². The first kappa shape index (κ1) is 15.7. The van der Waals surface area contributed by atoms with Crippen molar-refractivity contribution in [3.63, 3.8) is 0 Å². The van der Waals surface area contributed by atoms with Crippen molar-refractivity contribution in [2.45, 2.75) is 31.8 Å². The van der Waals surface area contributed by atoms with Crippen molar-refractivity contribution in [2.24, 2.45) is 11.5 Å². The van der Waals surface area contributed by atoms with Crippen molar-refractivity contribution in [1.29, 1.82) is 0 Å². The number of methoxy groups -OCH3 is 1. The third kappa shape index (κ3) is 3.71. The van der Waals surface area contributed by atoms with Crippen LogP contribution in [0.5, 0.6) is 5.75 Å². The zero-order valence-corrected chi connectivity index (χ0v) is 13.0. The van der Waals surface area contributed by atoms with E-state index in [-0.39, 0.29) is 11.9 Å². The second-order valence-electron chi connectivity index (χ2n) is 5.28. The van der Waals surface area contributed by atoms with Gasteiger partial charge in [0.15, 0.2) is 0 Å². The molecule has 6 heteroatoms. The second-order valence-corrected chi connectivity index (χ2v) is 5.72. The van der Waals surface area contributed by atoms with E-state index in [1.807, 2.05) is 18.2 Å². The lowest BCUT2D eigenvalue weighted by Gasteiger charge is -2.33. The van der Waals surface area contributed by atoms with Crippen LogP contribution in [0.15, 0.2) is 18.2 Å². The van der Waals surface area contributed by atoms with Gasteiger partial charge in [-0.05, 0) is 37.1 Å². The Hall–Kier alpha value is -1.66. The number of nitrogens with two attached hydrogens (primary N) is 2. The van der Waals surface area contributed by atoms with Gasteiger partial charge in [-0.15, -0.1) is 0 Å². The summed E-state index contributed by atoms with van der Waals surface area (Å²) >= 11 is 5.05. The van der Waals surface area contributed by atoms with E-state index in [9.17, 15) is 4.79 Å². The van der Waals surface area contributed by atoms with Crippen molar-refractivity contribution < 1.29 is 9.53 Å². The number of amides is 1. The maximum absolute atomic E-state index is 11.6. The SMILES string of the molecule is COc1ccc(CN2CCCCC2C(N)=O)cc1C(N)=S. The number of hydrogen-bond acceptors (Lipinski definition) is 4. The van der Waals surface area contributed by atoms with Crippen molar-refractivity contribution in [3.8, 4) is 5.75 Å². The van der Waals surface area contributed by atoms with E-state index >= 15 is 0 Å². The van der Waals surface area contributed by atoms with Crippen LogP contribution in [0.4, 0.5) is 0 Å². The molecule has 1 fully saturated rings. The monoisotopic (exact) mass is 307 g/mol. The van der Waals surface area contributed by atoms with E-state index in [0.29, 0.717) is 17.3 Å². The summed E-state index contributed by atoms with van der Waals surface area (Å²) in [6.45, 7) is 1.54. The number of benzene rings is 1. The number of ether oxygens (including phenoxy) is 1. The molecule has 2 rings (SSSR count). The summed E-state index contributed by atoms with van der Waals surface area (Å²) in [5.74, 6) is 0.411. The predicted octanol–water partition coefficient (Wildman–Crippen LogP) is 1.17. The summed E-state index contributed by atoms with van der Waals surface area (Å²) < 4.78 is 5.26. The topological polar surface area (TPSA) is 81.6 Å². The summed E-state index contributed by atoms with van der Waals surface area (Å²) in [6.07, 6.45) is 2.96. The number of carbonyl (C=O) groups is 1. The second kappa shape index (κ2) is 6.87. The van der Waals surface area contributed by atoms with Gasteiger partial charge in [-0.1, -0.05) is 24.7 Å². The molecule has 5 nitrogen and oxygen atoms in total. The Balaban J connectivity index is 2.20. The molecule has 0 spiro atoms. The molecule has 0 saturated carbocycles.